The van der Waals surface area contributed by atoms with Crippen molar-refractivity contribution in [1.82, 2.24) is 0 Å². The highest BCUT2D eigenvalue weighted by Gasteiger charge is 2.10. The highest BCUT2D eigenvalue weighted by molar-refractivity contribution is 5.79. The number of aryl methyl sites for hydroxylation is 1. The molecule has 0 saturated carbocycles. The first kappa shape index (κ1) is 11.8. The van der Waals surface area contributed by atoms with Gasteiger partial charge in [-0.15, -0.1) is 0 Å². The molecule has 1 aromatic rings. The van der Waals surface area contributed by atoms with Gasteiger partial charge in [-0.05, 0) is 38.8 Å². The van der Waals surface area contributed by atoms with Gasteiger partial charge in [-0.1, -0.05) is 12.1 Å². The molecule has 0 fully saturated rings. The van der Waals surface area contributed by atoms with E-state index in [2.05, 4.69) is 6.92 Å². The highest BCUT2D eigenvalue weighted by atomic mass is 16.5. The number of carbonyl (C=O) groups excluding carboxylic acids is 1. The number of rotatable bonds is 4. The number of benzene rings is 1. The maximum Gasteiger partial charge on any atom is 0.134 e. The SMILES string of the molecule is CCOc1c(CC(C)=O)ccc(C)c1C. The molecular weight excluding hydrogens is 188 g/mol. The van der Waals surface area contributed by atoms with Crippen LogP contribution in [0.4, 0.5) is 0 Å². The zero-order valence-corrected chi connectivity index (χ0v) is 9.89. The van der Waals surface area contributed by atoms with Gasteiger partial charge in [0, 0.05) is 12.0 Å². The van der Waals surface area contributed by atoms with Crippen LogP contribution in [0.15, 0.2) is 12.1 Å². The molecule has 0 amide bonds. The van der Waals surface area contributed by atoms with E-state index in [1.165, 1.54) is 5.56 Å². The second-order valence-electron chi connectivity index (χ2n) is 3.81. The molecule has 0 spiro atoms. The third-order valence-electron chi connectivity index (χ3n) is 2.49. The maximum absolute atomic E-state index is 11.1. The number of hydrogen-bond acceptors (Lipinski definition) is 2. The lowest BCUT2D eigenvalue weighted by Gasteiger charge is -2.14. The van der Waals surface area contributed by atoms with Gasteiger partial charge in [0.25, 0.3) is 0 Å². The van der Waals surface area contributed by atoms with Crippen LogP contribution < -0.4 is 4.74 Å². The van der Waals surface area contributed by atoms with Gasteiger partial charge >= 0.3 is 0 Å². The Morgan fingerprint density at radius 2 is 2.00 bits per heavy atom. The first-order valence-corrected chi connectivity index (χ1v) is 5.27. The molecule has 0 atom stereocenters. The molecule has 15 heavy (non-hydrogen) atoms. The summed E-state index contributed by atoms with van der Waals surface area (Å²) < 4.78 is 5.60. The smallest absolute Gasteiger partial charge is 0.134 e. The minimum atomic E-state index is 0.166. The van der Waals surface area contributed by atoms with Crippen LogP contribution in [0, 0.1) is 13.8 Å². The summed E-state index contributed by atoms with van der Waals surface area (Å²) in [4.78, 5) is 11.1. The summed E-state index contributed by atoms with van der Waals surface area (Å²) >= 11 is 0. The average molecular weight is 206 g/mol. The molecule has 0 unspecified atom stereocenters. The fourth-order valence-electron chi connectivity index (χ4n) is 1.60. The first-order chi connectivity index (χ1) is 7.06. The maximum atomic E-state index is 11.1. The Kier molecular flexibility index (Phi) is 3.89. The molecule has 1 aromatic carbocycles. The van der Waals surface area contributed by atoms with Crippen LogP contribution in [0.1, 0.15) is 30.5 Å². The predicted molar refractivity (Wildman–Crippen MR) is 61.5 cm³/mol. The molecule has 2 heteroatoms. The van der Waals surface area contributed by atoms with Crippen molar-refractivity contribution in [1.29, 1.82) is 0 Å². The van der Waals surface area contributed by atoms with Gasteiger partial charge in [-0.25, -0.2) is 0 Å². The first-order valence-electron chi connectivity index (χ1n) is 5.27. The average Bonchev–Trinajstić information content (AvgIpc) is 2.17. The fourth-order valence-corrected chi connectivity index (χ4v) is 1.60. The molecule has 82 valence electrons. The Balaban J connectivity index is 3.14. The van der Waals surface area contributed by atoms with E-state index in [1.54, 1.807) is 6.92 Å². The van der Waals surface area contributed by atoms with E-state index < -0.39 is 0 Å². The van der Waals surface area contributed by atoms with Gasteiger partial charge in [0.2, 0.25) is 0 Å². The number of hydrogen-bond donors (Lipinski definition) is 0. The summed E-state index contributed by atoms with van der Waals surface area (Å²) in [7, 11) is 0. The molecular formula is C13H18O2. The minimum absolute atomic E-state index is 0.166. The van der Waals surface area contributed by atoms with Gasteiger partial charge in [0.1, 0.15) is 11.5 Å². The Labute approximate surface area is 91.3 Å². The van der Waals surface area contributed by atoms with E-state index in [9.17, 15) is 4.79 Å². The van der Waals surface area contributed by atoms with Crippen molar-refractivity contribution in [3.8, 4) is 5.75 Å². The molecule has 0 radical (unpaired) electrons. The largest absolute Gasteiger partial charge is 0.493 e. The zero-order chi connectivity index (χ0) is 11.4. The summed E-state index contributed by atoms with van der Waals surface area (Å²) in [6.07, 6.45) is 0.455. The van der Waals surface area contributed by atoms with Crippen molar-refractivity contribution in [3.05, 3.63) is 28.8 Å². The van der Waals surface area contributed by atoms with Crippen molar-refractivity contribution >= 4 is 5.78 Å². The van der Waals surface area contributed by atoms with Crippen molar-refractivity contribution < 1.29 is 9.53 Å². The van der Waals surface area contributed by atoms with E-state index in [1.807, 2.05) is 26.0 Å². The van der Waals surface area contributed by atoms with Gasteiger partial charge in [-0.3, -0.25) is 4.79 Å². The quantitative estimate of drug-likeness (QED) is 0.757. The molecule has 0 saturated heterocycles. The lowest BCUT2D eigenvalue weighted by Crippen LogP contribution is -2.04. The lowest BCUT2D eigenvalue weighted by atomic mass is 10.0. The normalized spacial score (nSPS) is 10.1. The third-order valence-corrected chi connectivity index (χ3v) is 2.49. The molecule has 2 nitrogen and oxygen atoms in total. The van der Waals surface area contributed by atoms with Crippen LogP contribution in [0.25, 0.3) is 0 Å². The van der Waals surface area contributed by atoms with Crippen LogP contribution in [0.3, 0.4) is 0 Å². The van der Waals surface area contributed by atoms with E-state index in [0.29, 0.717) is 13.0 Å². The number of carbonyl (C=O) groups is 1. The van der Waals surface area contributed by atoms with Gasteiger partial charge < -0.3 is 4.74 Å². The predicted octanol–water partition coefficient (Wildman–Crippen LogP) is 2.83. The molecule has 1 rings (SSSR count). The number of ketones is 1. The highest BCUT2D eigenvalue weighted by Crippen LogP contribution is 2.27. The Morgan fingerprint density at radius 3 is 2.53 bits per heavy atom. The Hall–Kier alpha value is -1.31. The van der Waals surface area contributed by atoms with Crippen LogP contribution in [0.2, 0.25) is 0 Å². The molecule has 0 aliphatic rings. The lowest BCUT2D eigenvalue weighted by molar-refractivity contribution is -0.116. The van der Waals surface area contributed by atoms with Crippen LogP contribution in [-0.4, -0.2) is 12.4 Å². The monoisotopic (exact) mass is 206 g/mol. The van der Waals surface area contributed by atoms with E-state index in [0.717, 1.165) is 16.9 Å². The van der Waals surface area contributed by atoms with Gasteiger partial charge in [0.15, 0.2) is 0 Å². The topological polar surface area (TPSA) is 26.3 Å². The molecule has 0 bridgehead atoms. The summed E-state index contributed by atoms with van der Waals surface area (Å²) in [5.74, 6) is 1.05. The van der Waals surface area contributed by atoms with Gasteiger partial charge in [0.05, 0.1) is 6.61 Å². The molecule has 0 heterocycles. The summed E-state index contributed by atoms with van der Waals surface area (Å²) in [5.41, 5.74) is 3.33. The zero-order valence-electron chi connectivity index (χ0n) is 9.89. The van der Waals surface area contributed by atoms with Crippen LogP contribution >= 0.6 is 0 Å². The molecule has 0 aromatic heterocycles. The summed E-state index contributed by atoms with van der Waals surface area (Å²) in [6, 6.07) is 4.02. The number of Topliss-reactive ketones (excluding diaryl/α,β-unsaturated/α-hetero) is 1. The number of ether oxygens (including phenoxy) is 1. The van der Waals surface area contributed by atoms with Crippen molar-refractivity contribution in [2.24, 2.45) is 0 Å². The van der Waals surface area contributed by atoms with E-state index in [4.69, 9.17) is 4.74 Å². The Morgan fingerprint density at radius 1 is 1.33 bits per heavy atom. The third kappa shape index (κ3) is 2.82. The van der Waals surface area contributed by atoms with Crippen molar-refractivity contribution in [3.63, 3.8) is 0 Å². The Bertz CT molecular complexity index is 367. The van der Waals surface area contributed by atoms with Crippen molar-refractivity contribution in [2.45, 2.75) is 34.1 Å². The molecule has 0 aliphatic heterocycles. The standard InChI is InChI=1S/C13H18O2/c1-5-15-13-11(4)9(2)6-7-12(13)8-10(3)14/h6-7H,5,8H2,1-4H3. The van der Waals surface area contributed by atoms with E-state index in [-0.39, 0.29) is 5.78 Å². The second kappa shape index (κ2) is 4.96. The molecule has 0 N–H and O–H groups in total. The van der Waals surface area contributed by atoms with Crippen molar-refractivity contribution in [2.75, 3.05) is 6.61 Å². The second-order valence-corrected chi connectivity index (χ2v) is 3.81. The fraction of sp³-hybridized carbons (Fsp3) is 0.462. The van der Waals surface area contributed by atoms with Crippen LogP contribution in [-0.2, 0) is 11.2 Å². The minimum Gasteiger partial charge on any atom is -0.493 e. The molecule has 0 aliphatic carbocycles. The van der Waals surface area contributed by atoms with Gasteiger partial charge in [-0.2, -0.15) is 0 Å². The summed E-state index contributed by atoms with van der Waals surface area (Å²) in [6.45, 7) is 8.28. The van der Waals surface area contributed by atoms with Crippen LogP contribution in [0.5, 0.6) is 5.75 Å². The summed E-state index contributed by atoms with van der Waals surface area (Å²) in [5, 5.41) is 0. The van der Waals surface area contributed by atoms with E-state index >= 15 is 0 Å².